The van der Waals surface area contributed by atoms with Crippen LogP contribution in [0.1, 0.15) is 122 Å². The molecule has 0 saturated heterocycles. The molecule has 0 saturated carbocycles. The normalized spacial score (nSPS) is 13.7. The second-order valence-corrected chi connectivity index (χ2v) is 7.98. The summed E-state index contributed by atoms with van der Waals surface area (Å²) in [5, 5.41) is 27.2. The number of hydrogen-bond donors (Lipinski definition) is 3. The number of rotatable bonds is 20. The Kier molecular flexibility index (Phi) is 18.7. The zero-order valence-corrected chi connectivity index (χ0v) is 17.1. The van der Waals surface area contributed by atoms with E-state index in [-0.39, 0.29) is 12.5 Å². The molecule has 0 aliphatic carbocycles. The molecule has 3 N–H and O–H groups in total. The Morgan fingerprint density at radius 2 is 0.923 bits per heavy atom. The van der Waals surface area contributed by atoms with Crippen LogP contribution in [0.5, 0.6) is 0 Å². The smallest absolute Gasteiger partial charge is 0.305 e. The van der Waals surface area contributed by atoms with E-state index in [0.717, 1.165) is 19.3 Å². The third-order valence-electron chi connectivity index (χ3n) is 5.07. The summed E-state index contributed by atoms with van der Waals surface area (Å²) >= 11 is 0. The Morgan fingerprint density at radius 1 is 0.615 bits per heavy atom. The predicted molar refractivity (Wildman–Crippen MR) is 108 cm³/mol. The molecule has 0 radical (unpaired) electrons. The van der Waals surface area contributed by atoms with Crippen LogP contribution in [-0.4, -0.2) is 33.5 Å². The van der Waals surface area contributed by atoms with E-state index in [1.807, 2.05) is 6.92 Å². The first-order valence-electron chi connectivity index (χ1n) is 11.1. The lowest BCUT2D eigenvalue weighted by Crippen LogP contribution is -2.12. The Bertz CT molecular complexity index is 305. The van der Waals surface area contributed by atoms with Gasteiger partial charge in [0.25, 0.3) is 0 Å². The molecule has 0 aliphatic heterocycles. The lowest BCUT2D eigenvalue weighted by molar-refractivity contribution is -0.139. The summed E-state index contributed by atoms with van der Waals surface area (Å²) in [5.41, 5.74) is 0. The quantitative estimate of drug-likeness (QED) is 0.235. The molecule has 0 unspecified atom stereocenters. The Morgan fingerprint density at radius 3 is 1.23 bits per heavy atom. The van der Waals surface area contributed by atoms with Crippen LogP contribution in [0.4, 0.5) is 0 Å². The number of hydrogen-bond acceptors (Lipinski definition) is 3. The minimum absolute atomic E-state index is 0.122. The first kappa shape index (κ1) is 25.4. The molecule has 0 fully saturated rings. The summed E-state index contributed by atoms with van der Waals surface area (Å²) in [6.07, 6.45) is 19.7. The summed E-state index contributed by atoms with van der Waals surface area (Å²) in [5.74, 6) is -0.912. The zero-order valence-electron chi connectivity index (χ0n) is 17.1. The van der Waals surface area contributed by atoms with Crippen molar-refractivity contribution in [2.75, 3.05) is 0 Å². The number of carboxylic acids is 1. The molecule has 2 atom stereocenters. The van der Waals surface area contributed by atoms with Gasteiger partial charge in [-0.1, -0.05) is 96.3 Å². The molecule has 0 spiro atoms. The average Bonchev–Trinajstić information content (AvgIpc) is 2.56. The van der Waals surface area contributed by atoms with E-state index in [4.69, 9.17) is 5.11 Å². The van der Waals surface area contributed by atoms with Crippen molar-refractivity contribution in [2.24, 2.45) is 0 Å². The first-order valence-corrected chi connectivity index (χ1v) is 11.1. The number of aliphatic carboxylic acids is 1. The van der Waals surface area contributed by atoms with Crippen molar-refractivity contribution in [1.29, 1.82) is 0 Å². The highest BCUT2D eigenvalue weighted by molar-refractivity contribution is 5.67. The molecule has 0 rings (SSSR count). The molecule has 0 aromatic rings. The van der Waals surface area contributed by atoms with E-state index in [1.165, 1.54) is 83.5 Å². The van der Waals surface area contributed by atoms with Crippen molar-refractivity contribution in [3.8, 4) is 0 Å². The summed E-state index contributed by atoms with van der Waals surface area (Å²) in [6.45, 7) is 1.87. The zero-order chi connectivity index (χ0) is 19.5. The highest BCUT2D eigenvalue weighted by atomic mass is 16.4. The van der Waals surface area contributed by atoms with Gasteiger partial charge in [0.1, 0.15) is 0 Å². The molecule has 0 aromatic carbocycles. The predicted octanol–water partition coefficient (Wildman–Crippen LogP) is 5.83. The van der Waals surface area contributed by atoms with Crippen LogP contribution in [0.25, 0.3) is 0 Å². The molecule has 4 nitrogen and oxygen atoms in total. The SMILES string of the molecule is C[C@@H](O)CCCCCCCCCCCCCCCCC[C@@H](O)CC(=O)O. The monoisotopic (exact) mass is 372 g/mol. The first-order chi connectivity index (χ1) is 12.5. The molecule has 0 heterocycles. The van der Waals surface area contributed by atoms with Gasteiger partial charge >= 0.3 is 5.97 Å². The minimum Gasteiger partial charge on any atom is -0.481 e. The Labute approximate surface area is 161 Å². The van der Waals surface area contributed by atoms with E-state index >= 15 is 0 Å². The molecule has 0 amide bonds. The molecule has 0 aromatic heterocycles. The van der Waals surface area contributed by atoms with Gasteiger partial charge in [0.15, 0.2) is 0 Å². The second kappa shape index (κ2) is 19.2. The summed E-state index contributed by atoms with van der Waals surface area (Å²) in [7, 11) is 0. The van der Waals surface area contributed by atoms with Crippen molar-refractivity contribution in [2.45, 2.75) is 135 Å². The number of unbranched alkanes of at least 4 members (excludes halogenated alkanes) is 14. The van der Waals surface area contributed by atoms with Crippen LogP contribution in [-0.2, 0) is 4.79 Å². The van der Waals surface area contributed by atoms with Crippen molar-refractivity contribution in [3.05, 3.63) is 0 Å². The van der Waals surface area contributed by atoms with E-state index in [2.05, 4.69) is 0 Å². The third-order valence-corrected chi connectivity index (χ3v) is 5.07. The molecule has 4 heteroatoms. The van der Waals surface area contributed by atoms with Crippen molar-refractivity contribution < 1.29 is 20.1 Å². The second-order valence-electron chi connectivity index (χ2n) is 7.98. The van der Waals surface area contributed by atoms with Crippen LogP contribution in [0.15, 0.2) is 0 Å². The van der Waals surface area contributed by atoms with Crippen LogP contribution < -0.4 is 0 Å². The topological polar surface area (TPSA) is 77.8 Å². The fourth-order valence-corrected chi connectivity index (χ4v) is 3.42. The van der Waals surface area contributed by atoms with Gasteiger partial charge in [-0.25, -0.2) is 0 Å². The number of aliphatic hydroxyl groups excluding tert-OH is 2. The summed E-state index contributed by atoms with van der Waals surface area (Å²) in [6, 6.07) is 0. The van der Waals surface area contributed by atoms with Crippen LogP contribution in [0.3, 0.4) is 0 Å². The maximum Gasteiger partial charge on any atom is 0.305 e. The van der Waals surface area contributed by atoms with Gasteiger partial charge in [-0.15, -0.1) is 0 Å². The van der Waals surface area contributed by atoms with Crippen molar-refractivity contribution in [1.82, 2.24) is 0 Å². The molecule has 26 heavy (non-hydrogen) atoms. The molecular weight excluding hydrogens is 328 g/mol. The minimum atomic E-state index is -0.912. The fraction of sp³-hybridized carbons (Fsp3) is 0.955. The van der Waals surface area contributed by atoms with Crippen molar-refractivity contribution >= 4 is 5.97 Å². The molecule has 0 aliphatic rings. The van der Waals surface area contributed by atoms with Crippen LogP contribution in [0.2, 0.25) is 0 Å². The number of aliphatic hydroxyl groups is 2. The Balaban J connectivity index is 3.08. The van der Waals surface area contributed by atoms with E-state index in [0.29, 0.717) is 6.42 Å². The number of carbonyl (C=O) groups is 1. The number of carboxylic acid groups (broad SMARTS) is 1. The fourth-order valence-electron chi connectivity index (χ4n) is 3.42. The van der Waals surface area contributed by atoms with Crippen molar-refractivity contribution in [3.63, 3.8) is 0 Å². The van der Waals surface area contributed by atoms with Gasteiger partial charge in [0, 0.05) is 0 Å². The van der Waals surface area contributed by atoms with E-state index in [1.54, 1.807) is 0 Å². The lowest BCUT2D eigenvalue weighted by Gasteiger charge is -2.07. The maximum absolute atomic E-state index is 10.4. The van der Waals surface area contributed by atoms with Gasteiger partial charge in [0.2, 0.25) is 0 Å². The van der Waals surface area contributed by atoms with Crippen LogP contribution in [0, 0.1) is 0 Å². The molecule has 0 bridgehead atoms. The van der Waals surface area contributed by atoms with Gasteiger partial charge in [-0.2, -0.15) is 0 Å². The van der Waals surface area contributed by atoms with E-state index in [9.17, 15) is 15.0 Å². The molecule has 156 valence electrons. The maximum atomic E-state index is 10.4. The van der Waals surface area contributed by atoms with Gasteiger partial charge in [-0.3, -0.25) is 4.79 Å². The average molecular weight is 373 g/mol. The van der Waals surface area contributed by atoms with Gasteiger partial charge in [-0.05, 0) is 19.8 Å². The standard InChI is InChI=1S/C22H44O4/c1-20(23)17-15-13-11-9-7-5-3-2-4-6-8-10-12-14-16-18-21(24)19-22(25)26/h20-21,23-24H,2-19H2,1H3,(H,25,26)/t20-,21-/m1/s1. The van der Waals surface area contributed by atoms with Gasteiger partial charge < -0.3 is 15.3 Å². The third kappa shape index (κ3) is 21.4. The van der Waals surface area contributed by atoms with Crippen LogP contribution >= 0.6 is 0 Å². The van der Waals surface area contributed by atoms with E-state index < -0.39 is 12.1 Å². The highest BCUT2D eigenvalue weighted by Gasteiger charge is 2.08. The lowest BCUT2D eigenvalue weighted by atomic mass is 10.0. The Hall–Kier alpha value is -0.610. The summed E-state index contributed by atoms with van der Waals surface area (Å²) < 4.78 is 0. The highest BCUT2D eigenvalue weighted by Crippen LogP contribution is 2.15. The van der Waals surface area contributed by atoms with Gasteiger partial charge in [0.05, 0.1) is 18.6 Å². The molecular formula is C22H44O4. The summed E-state index contributed by atoms with van der Waals surface area (Å²) in [4.78, 5) is 10.4. The largest absolute Gasteiger partial charge is 0.481 e.